The topological polar surface area (TPSA) is 30.3 Å². The van der Waals surface area contributed by atoms with E-state index in [0.717, 1.165) is 50.4 Å². The van der Waals surface area contributed by atoms with Crippen LogP contribution in [0.15, 0.2) is 54.6 Å². The third-order valence-electron chi connectivity index (χ3n) is 4.52. The van der Waals surface area contributed by atoms with Crippen LogP contribution in [0.25, 0.3) is 0 Å². The molecule has 23 heavy (non-hydrogen) atoms. The highest BCUT2D eigenvalue weighted by Crippen LogP contribution is 2.21. The fraction of sp³-hybridized carbons (Fsp3) is 0.350. The van der Waals surface area contributed by atoms with Crippen molar-refractivity contribution in [3.05, 3.63) is 65.7 Å². The molecule has 1 fully saturated rings. The van der Waals surface area contributed by atoms with E-state index in [0.29, 0.717) is 0 Å². The zero-order chi connectivity index (χ0) is 15.9. The van der Waals surface area contributed by atoms with Crippen LogP contribution in [-0.2, 0) is 6.42 Å². The van der Waals surface area contributed by atoms with Gasteiger partial charge >= 0.3 is 0 Å². The van der Waals surface area contributed by atoms with Gasteiger partial charge in [-0.1, -0.05) is 42.5 Å². The van der Waals surface area contributed by atoms with E-state index in [9.17, 15) is 5.26 Å². The molecule has 3 nitrogen and oxygen atoms in total. The second-order valence-electron chi connectivity index (χ2n) is 6.05. The van der Waals surface area contributed by atoms with E-state index in [4.69, 9.17) is 0 Å². The van der Waals surface area contributed by atoms with E-state index >= 15 is 0 Å². The van der Waals surface area contributed by atoms with Gasteiger partial charge in [0.15, 0.2) is 0 Å². The number of para-hydroxylation sites is 1. The lowest BCUT2D eigenvalue weighted by Crippen LogP contribution is -2.46. The van der Waals surface area contributed by atoms with E-state index in [2.05, 4.69) is 52.3 Å². The van der Waals surface area contributed by atoms with Gasteiger partial charge < -0.3 is 4.90 Å². The number of hydrogen-bond donors (Lipinski definition) is 0. The number of aryl methyl sites for hydroxylation is 1. The van der Waals surface area contributed by atoms with E-state index in [-0.39, 0.29) is 0 Å². The highest BCUT2D eigenvalue weighted by molar-refractivity contribution is 5.59. The van der Waals surface area contributed by atoms with Gasteiger partial charge in [-0.15, -0.1) is 0 Å². The summed E-state index contributed by atoms with van der Waals surface area (Å²) >= 11 is 0. The predicted octanol–water partition coefficient (Wildman–Crippen LogP) is 3.31. The quantitative estimate of drug-likeness (QED) is 0.849. The van der Waals surface area contributed by atoms with Crippen molar-refractivity contribution in [1.82, 2.24) is 4.90 Å². The molecular weight excluding hydrogens is 282 g/mol. The van der Waals surface area contributed by atoms with Crippen molar-refractivity contribution in [3.8, 4) is 6.07 Å². The molecule has 1 aliphatic rings. The summed E-state index contributed by atoms with van der Waals surface area (Å²) in [4.78, 5) is 4.88. The third-order valence-corrected chi connectivity index (χ3v) is 4.52. The normalized spacial score (nSPS) is 15.3. The Morgan fingerprint density at radius 2 is 1.57 bits per heavy atom. The molecule has 0 unspecified atom stereocenters. The van der Waals surface area contributed by atoms with Gasteiger partial charge in [-0.3, -0.25) is 4.90 Å². The highest BCUT2D eigenvalue weighted by Gasteiger charge is 2.18. The molecule has 0 saturated carbocycles. The van der Waals surface area contributed by atoms with Crippen LogP contribution in [0.1, 0.15) is 17.5 Å². The number of piperazine rings is 1. The first-order valence-electron chi connectivity index (χ1n) is 8.37. The lowest BCUT2D eigenvalue weighted by molar-refractivity contribution is 0.255. The molecule has 0 atom stereocenters. The minimum absolute atomic E-state index is 0.782. The molecular formula is C20H23N3. The van der Waals surface area contributed by atoms with Gasteiger partial charge in [0.2, 0.25) is 0 Å². The van der Waals surface area contributed by atoms with Crippen LogP contribution >= 0.6 is 0 Å². The molecule has 0 aromatic heterocycles. The van der Waals surface area contributed by atoms with Crippen molar-refractivity contribution < 1.29 is 0 Å². The minimum atomic E-state index is 0.782. The standard InChI is InChI=1S/C20H23N3/c21-17-19-10-4-5-11-20(19)23-15-13-22(14-16-23)12-6-9-18-7-2-1-3-8-18/h1-5,7-8,10-11H,6,9,12-16H2. The van der Waals surface area contributed by atoms with Crippen molar-refractivity contribution in [2.24, 2.45) is 0 Å². The number of hydrogen-bond acceptors (Lipinski definition) is 3. The van der Waals surface area contributed by atoms with Crippen LogP contribution in [0.5, 0.6) is 0 Å². The fourth-order valence-electron chi connectivity index (χ4n) is 3.21. The maximum Gasteiger partial charge on any atom is 0.101 e. The van der Waals surface area contributed by atoms with Crippen LogP contribution in [0, 0.1) is 11.3 Å². The number of rotatable bonds is 5. The van der Waals surface area contributed by atoms with Crippen molar-refractivity contribution in [3.63, 3.8) is 0 Å². The molecule has 2 aromatic rings. The Morgan fingerprint density at radius 3 is 2.30 bits per heavy atom. The van der Waals surface area contributed by atoms with E-state index in [1.807, 2.05) is 18.2 Å². The summed E-state index contributed by atoms with van der Waals surface area (Å²) < 4.78 is 0. The molecule has 3 rings (SSSR count). The Labute approximate surface area is 138 Å². The molecule has 0 spiro atoms. The van der Waals surface area contributed by atoms with E-state index in [1.54, 1.807) is 0 Å². The van der Waals surface area contributed by atoms with Gasteiger partial charge in [-0.2, -0.15) is 5.26 Å². The zero-order valence-electron chi connectivity index (χ0n) is 13.5. The van der Waals surface area contributed by atoms with Crippen LogP contribution in [-0.4, -0.2) is 37.6 Å². The number of benzene rings is 2. The van der Waals surface area contributed by atoms with Crippen molar-refractivity contribution >= 4 is 5.69 Å². The highest BCUT2D eigenvalue weighted by atomic mass is 15.3. The van der Waals surface area contributed by atoms with Crippen molar-refractivity contribution in [1.29, 1.82) is 5.26 Å². The lowest BCUT2D eigenvalue weighted by atomic mass is 10.1. The maximum atomic E-state index is 9.24. The first-order chi connectivity index (χ1) is 11.4. The Hall–Kier alpha value is -2.31. The van der Waals surface area contributed by atoms with Gasteiger partial charge in [0.25, 0.3) is 0 Å². The Morgan fingerprint density at radius 1 is 0.870 bits per heavy atom. The minimum Gasteiger partial charge on any atom is -0.368 e. The van der Waals surface area contributed by atoms with Gasteiger partial charge in [0, 0.05) is 26.2 Å². The summed E-state index contributed by atoms with van der Waals surface area (Å²) in [5.74, 6) is 0. The smallest absolute Gasteiger partial charge is 0.101 e. The Bertz CT molecular complexity index is 652. The second-order valence-corrected chi connectivity index (χ2v) is 6.05. The monoisotopic (exact) mass is 305 g/mol. The first kappa shape index (κ1) is 15.6. The van der Waals surface area contributed by atoms with Crippen LogP contribution in [0.2, 0.25) is 0 Å². The largest absolute Gasteiger partial charge is 0.368 e. The summed E-state index contributed by atoms with van der Waals surface area (Å²) in [6.07, 6.45) is 2.36. The SMILES string of the molecule is N#Cc1ccccc1N1CCN(CCCc2ccccc2)CC1. The molecule has 1 aliphatic heterocycles. The number of anilines is 1. The predicted molar refractivity (Wildman–Crippen MR) is 94.6 cm³/mol. The molecule has 0 bridgehead atoms. The summed E-state index contributed by atoms with van der Waals surface area (Å²) in [5.41, 5.74) is 3.29. The van der Waals surface area contributed by atoms with Crippen molar-refractivity contribution in [2.45, 2.75) is 12.8 Å². The number of nitriles is 1. The molecule has 0 radical (unpaired) electrons. The zero-order valence-corrected chi connectivity index (χ0v) is 13.5. The van der Waals surface area contributed by atoms with Crippen LogP contribution in [0.3, 0.4) is 0 Å². The first-order valence-corrected chi connectivity index (χ1v) is 8.37. The summed E-state index contributed by atoms with van der Waals surface area (Å²) in [7, 11) is 0. The van der Waals surface area contributed by atoms with Gasteiger partial charge in [-0.25, -0.2) is 0 Å². The molecule has 0 N–H and O–H groups in total. The molecule has 118 valence electrons. The van der Waals surface area contributed by atoms with Gasteiger partial charge in [0.05, 0.1) is 11.3 Å². The summed E-state index contributed by atoms with van der Waals surface area (Å²) in [6.45, 7) is 5.32. The lowest BCUT2D eigenvalue weighted by Gasteiger charge is -2.36. The Balaban J connectivity index is 1.46. The van der Waals surface area contributed by atoms with Crippen LogP contribution in [0.4, 0.5) is 5.69 Å². The van der Waals surface area contributed by atoms with Gasteiger partial charge in [0.1, 0.15) is 6.07 Å². The molecule has 0 aliphatic carbocycles. The van der Waals surface area contributed by atoms with Gasteiger partial charge in [-0.05, 0) is 37.1 Å². The average Bonchev–Trinajstić information content (AvgIpc) is 2.63. The van der Waals surface area contributed by atoms with E-state index in [1.165, 1.54) is 12.0 Å². The molecule has 2 aromatic carbocycles. The number of nitrogens with zero attached hydrogens (tertiary/aromatic N) is 3. The summed E-state index contributed by atoms with van der Waals surface area (Å²) in [5, 5.41) is 9.24. The second kappa shape index (κ2) is 7.80. The van der Waals surface area contributed by atoms with Crippen LogP contribution < -0.4 is 4.90 Å². The summed E-state index contributed by atoms with van der Waals surface area (Å²) in [6, 6.07) is 20.9. The fourth-order valence-corrected chi connectivity index (χ4v) is 3.21. The molecule has 3 heteroatoms. The third kappa shape index (κ3) is 4.12. The molecule has 0 amide bonds. The molecule has 1 heterocycles. The maximum absolute atomic E-state index is 9.24. The Kier molecular flexibility index (Phi) is 5.29. The van der Waals surface area contributed by atoms with E-state index < -0.39 is 0 Å². The van der Waals surface area contributed by atoms with Crippen molar-refractivity contribution in [2.75, 3.05) is 37.6 Å². The average molecular weight is 305 g/mol. The molecule has 1 saturated heterocycles.